The van der Waals surface area contributed by atoms with Crippen molar-refractivity contribution in [3.8, 4) is 0 Å². The molecule has 192 valence electrons. The molecule has 1 rings (SSSR count). The van der Waals surface area contributed by atoms with Gasteiger partial charge in [0.1, 0.15) is 24.4 Å². The van der Waals surface area contributed by atoms with Crippen molar-refractivity contribution >= 4 is 0 Å². The Morgan fingerprint density at radius 2 is 1.09 bits per heavy atom. The van der Waals surface area contributed by atoms with Crippen LogP contribution in [-0.2, 0) is 28.4 Å². The molecular weight excluding hydrogens is 412 g/mol. The van der Waals surface area contributed by atoms with Crippen LogP contribution in [0.4, 0.5) is 0 Å². The van der Waals surface area contributed by atoms with E-state index in [-0.39, 0.29) is 31.0 Å². The van der Waals surface area contributed by atoms with Crippen LogP contribution in [0.25, 0.3) is 0 Å². The monoisotopic (exact) mass is 462 g/mol. The zero-order chi connectivity index (χ0) is 23.4. The van der Waals surface area contributed by atoms with Crippen molar-refractivity contribution in [1.29, 1.82) is 0 Å². The van der Waals surface area contributed by atoms with Crippen LogP contribution in [-0.4, -0.2) is 82.1 Å². The number of unbranched alkanes of at least 4 members (excludes halogenated alkanes) is 4. The lowest BCUT2D eigenvalue weighted by Gasteiger charge is -2.46. The Bertz CT molecular complexity index is 410. The summed E-state index contributed by atoms with van der Waals surface area (Å²) >= 11 is 0. The van der Waals surface area contributed by atoms with Crippen LogP contribution in [0.1, 0.15) is 85.5 Å². The normalized spacial score (nSPS) is 26.0. The third-order valence-corrected chi connectivity index (χ3v) is 5.52. The zero-order valence-electron chi connectivity index (χ0n) is 21.1. The molecule has 1 saturated heterocycles. The van der Waals surface area contributed by atoms with Crippen molar-refractivity contribution in [2.45, 2.75) is 116 Å². The summed E-state index contributed by atoms with van der Waals surface area (Å²) < 4.78 is 37.4. The second-order valence-electron chi connectivity index (χ2n) is 8.49. The Kier molecular flexibility index (Phi) is 18.7. The zero-order valence-corrected chi connectivity index (χ0v) is 21.1. The summed E-state index contributed by atoms with van der Waals surface area (Å²) in [5.74, 6) is 0. The van der Waals surface area contributed by atoms with Crippen LogP contribution in [0.2, 0.25) is 0 Å². The van der Waals surface area contributed by atoms with Gasteiger partial charge in [0, 0.05) is 33.0 Å². The lowest BCUT2D eigenvalue weighted by molar-refractivity contribution is -0.324. The predicted octanol–water partition coefficient (Wildman–Crippen LogP) is 4.48. The Morgan fingerprint density at radius 1 is 0.594 bits per heavy atom. The lowest BCUT2D eigenvalue weighted by Crippen LogP contribution is -2.62. The first-order valence-electron chi connectivity index (χ1n) is 13.0. The number of aliphatic hydroxyl groups excluding tert-OH is 1. The fourth-order valence-electron chi connectivity index (χ4n) is 3.52. The Morgan fingerprint density at radius 3 is 1.66 bits per heavy atom. The second kappa shape index (κ2) is 20.1. The molecule has 5 atom stereocenters. The maximum atomic E-state index is 9.19. The SMILES string of the molecule is CCCCOCC1O[C@@H](OCCCO)C(OCCCC)C(OCCCC)[C@H]1OCCCC. The lowest BCUT2D eigenvalue weighted by atomic mass is 9.98. The summed E-state index contributed by atoms with van der Waals surface area (Å²) in [6, 6.07) is 0. The molecule has 0 spiro atoms. The molecule has 1 N–H and O–H groups in total. The smallest absolute Gasteiger partial charge is 0.186 e. The van der Waals surface area contributed by atoms with Gasteiger partial charge >= 0.3 is 0 Å². The molecule has 0 aromatic rings. The van der Waals surface area contributed by atoms with Gasteiger partial charge in [-0.3, -0.25) is 0 Å². The van der Waals surface area contributed by atoms with Crippen molar-refractivity contribution in [1.82, 2.24) is 0 Å². The summed E-state index contributed by atoms with van der Waals surface area (Å²) in [4.78, 5) is 0. The van der Waals surface area contributed by atoms with Crippen molar-refractivity contribution in [3.63, 3.8) is 0 Å². The third-order valence-electron chi connectivity index (χ3n) is 5.52. The maximum absolute atomic E-state index is 9.19. The first-order chi connectivity index (χ1) is 15.7. The molecule has 7 heteroatoms. The Balaban J connectivity index is 3.03. The number of hydrogen-bond donors (Lipinski definition) is 1. The fourth-order valence-corrected chi connectivity index (χ4v) is 3.52. The van der Waals surface area contributed by atoms with E-state index in [9.17, 15) is 5.11 Å². The molecule has 0 aliphatic carbocycles. The van der Waals surface area contributed by atoms with E-state index in [0.717, 1.165) is 51.4 Å². The summed E-state index contributed by atoms with van der Waals surface area (Å²) in [5.41, 5.74) is 0. The van der Waals surface area contributed by atoms with Gasteiger partial charge in [-0.1, -0.05) is 53.4 Å². The molecular formula is C25H50O7. The molecule has 1 fully saturated rings. The van der Waals surface area contributed by atoms with E-state index in [1.807, 2.05) is 0 Å². The molecule has 0 bridgehead atoms. The summed E-state index contributed by atoms with van der Waals surface area (Å²) in [6.07, 6.45) is 6.96. The van der Waals surface area contributed by atoms with Gasteiger partial charge in [0.25, 0.3) is 0 Å². The van der Waals surface area contributed by atoms with E-state index >= 15 is 0 Å². The summed E-state index contributed by atoms with van der Waals surface area (Å²) in [5, 5.41) is 9.19. The predicted molar refractivity (Wildman–Crippen MR) is 126 cm³/mol. The summed E-state index contributed by atoms with van der Waals surface area (Å²) in [7, 11) is 0. The number of rotatable bonds is 21. The van der Waals surface area contributed by atoms with Gasteiger partial charge < -0.3 is 33.5 Å². The Hall–Kier alpha value is -0.280. The van der Waals surface area contributed by atoms with E-state index in [1.54, 1.807) is 0 Å². The number of hydrogen-bond acceptors (Lipinski definition) is 7. The fraction of sp³-hybridized carbons (Fsp3) is 1.00. The molecule has 1 heterocycles. The van der Waals surface area contributed by atoms with Crippen LogP contribution >= 0.6 is 0 Å². The average molecular weight is 463 g/mol. The van der Waals surface area contributed by atoms with Crippen molar-refractivity contribution in [2.24, 2.45) is 0 Å². The third kappa shape index (κ3) is 11.7. The Labute approximate surface area is 196 Å². The first kappa shape index (κ1) is 29.8. The molecule has 0 saturated carbocycles. The van der Waals surface area contributed by atoms with E-state index in [1.165, 1.54) is 0 Å². The van der Waals surface area contributed by atoms with Crippen LogP contribution in [0.3, 0.4) is 0 Å². The molecule has 1 aliphatic heterocycles. The van der Waals surface area contributed by atoms with E-state index in [2.05, 4.69) is 27.7 Å². The van der Waals surface area contributed by atoms with Crippen molar-refractivity contribution in [2.75, 3.05) is 46.2 Å². The average Bonchev–Trinajstić information content (AvgIpc) is 2.80. The summed E-state index contributed by atoms with van der Waals surface area (Å²) in [6.45, 7) is 12.2. The van der Waals surface area contributed by atoms with E-state index < -0.39 is 6.29 Å². The van der Waals surface area contributed by atoms with Crippen molar-refractivity contribution in [3.05, 3.63) is 0 Å². The van der Waals surface area contributed by atoms with Gasteiger partial charge in [-0.15, -0.1) is 0 Å². The minimum Gasteiger partial charge on any atom is -0.396 e. The molecule has 0 aromatic heterocycles. The highest BCUT2D eigenvalue weighted by atomic mass is 16.7. The van der Waals surface area contributed by atoms with Crippen LogP contribution in [0.15, 0.2) is 0 Å². The molecule has 3 unspecified atom stereocenters. The molecule has 0 amide bonds. The number of aliphatic hydroxyl groups is 1. The maximum Gasteiger partial charge on any atom is 0.186 e. The van der Waals surface area contributed by atoms with E-state index in [0.29, 0.717) is 46.1 Å². The first-order valence-corrected chi connectivity index (χ1v) is 13.0. The van der Waals surface area contributed by atoms with Crippen LogP contribution in [0, 0.1) is 0 Å². The largest absolute Gasteiger partial charge is 0.396 e. The highest BCUT2D eigenvalue weighted by Crippen LogP contribution is 2.30. The minimum absolute atomic E-state index is 0.0802. The van der Waals surface area contributed by atoms with Gasteiger partial charge in [0.2, 0.25) is 0 Å². The highest BCUT2D eigenvalue weighted by Gasteiger charge is 2.48. The van der Waals surface area contributed by atoms with Gasteiger partial charge in [-0.25, -0.2) is 0 Å². The molecule has 32 heavy (non-hydrogen) atoms. The standard InChI is InChI=1S/C25H50O7/c1-5-9-15-27-20-21-22(28-16-10-6-2)23(29-17-11-7-3)24(30-18-12-8-4)25(32-21)31-19-13-14-26/h21-26H,5-20H2,1-4H3/t21?,22-,23?,24?,25+/m0/s1. The van der Waals surface area contributed by atoms with E-state index in [4.69, 9.17) is 28.4 Å². The van der Waals surface area contributed by atoms with Crippen LogP contribution < -0.4 is 0 Å². The molecule has 7 nitrogen and oxygen atoms in total. The van der Waals surface area contributed by atoms with Crippen molar-refractivity contribution < 1.29 is 33.5 Å². The highest BCUT2D eigenvalue weighted by molar-refractivity contribution is 4.93. The van der Waals surface area contributed by atoms with Gasteiger partial charge in [0.05, 0.1) is 13.2 Å². The second-order valence-corrected chi connectivity index (χ2v) is 8.49. The van der Waals surface area contributed by atoms with Crippen LogP contribution in [0.5, 0.6) is 0 Å². The molecule has 0 radical (unpaired) electrons. The number of ether oxygens (including phenoxy) is 6. The quantitative estimate of drug-likeness (QED) is 0.252. The molecule has 1 aliphatic rings. The van der Waals surface area contributed by atoms with Gasteiger partial charge in [-0.05, 0) is 32.1 Å². The topological polar surface area (TPSA) is 75.6 Å². The molecule has 0 aromatic carbocycles. The minimum atomic E-state index is -0.573. The van der Waals surface area contributed by atoms with Gasteiger partial charge in [0.15, 0.2) is 6.29 Å². The van der Waals surface area contributed by atoms with Gasteiger partial charge in [-0.2, -0.15) is 0 Å².